The Balaban J connectivity index is 2.42. The van der Waals surface area contributed by atoms with Crippen LogP contribution in [0.5, 0.6) is 0 Å². The molecule has 0 unspecified atom stereocenters. The Morgan fingerprint density at radius 2 is 2.13 bits per heavy atom. The third-order valence-electron chi connectivity index (χ3n) is 1.97. The Labute approximate surface area is 98.6 Å². The number of anilines is 1. The third kappa shape index (κ3) is 1.87. The molecule has 15 heavy (non-hydrogen) atoms. The summed E-state index contributed by atoms with van der Waals surface area (Å²) in [6.07, 6.45) is 1.17. The Morgan fingerprint density at radius 3 is 2.73 bits per heavy atom. The van der Waals surface area contributed by atoms with Crippen molar-refractivity contribution in [1.82, 2.24) is 9.97 Å². The molecule has 1 fully saturated rings. The number of rotatable bonds is 1. The molecule has 0 bridgehead atoms. The molecule has 0 N–H and O–H groups in total. The van der Waals surface area contributed by atoms with Crippen molar-refractivity contribution < 1.29 is 9.59 Å². The van der Waals surface area contributed by atoms with E-state index in [-0.39, 0.29) is 29.8 Å². The molecule has 7 heteroatoms. The van der Waals surface area contributed by atoms with E-state index in [2.05, 4.69) is 25.9 Å². The quantitative estimate of drug-likeness (QED) is 0.576. The first-order valence-electron chi connectivity index (χ1n) is 4.07. The van der Waals surface area contributed by atoms with Gasteiger partial charge in [-0.2, -0.15) is 0 Å². The van der Waals surface area contributed by atoms with Gasteiger partial charge in [-0.3, -0.25) is 14.5 Å². The minimum atomic E-state index is -0.268. The van der Waals surface area contributed by atoms with Crippen molar-refractivity contribution in [3.63, 3.8) is 0 Å². The van der Waals surface area contributed by atoms with Crippen LogP contribution in [0.25, 0.3) is 0 Å². The number of hydrogen-bond acceptors (Lipinski definition) is 4. The fourth-order valence-corrected chi connectivity index (χ4v) is 1.85. The van der Waals surface area contributed by atoms with Crippen molar-refractivity contribution >= 4 is 45.0 Å². The van der Waals surface area contributed by atoms with Crippen molar-refractivity contribution in [3.8, 4) is 0 Å². The zero-order valence-electron chi connectivity index (χ0n) is 7.41. The first-order valence-corrected chi connectivity index (χ1v) is 5.24. The minimum Gasteiger partial charge on any atom is -0.297 e. The molecule has 1 aromatic heterocycles. The predicted molar refractivity (Wildman–Crippen MR) is 56.7 cm³/mol. The van der Waals surface area contributed by atoms with E-state index < -0.39 is 0 Å². The van der Waals surface area contributed by atoms with Gasteiger partial charge in [-0.05, 0) is 15.9 Å². The lowest BCUT2D eigenvalue weighted by molar-refractivity contribution is -0.121. The summed E-state index contributed by atoms with van der Waals surface area (Å²) in [7, 11) is 0. The number of nitrogens with zero attached hydrogens (tertiary/aromatic N) is 3. The molecule has 0 atom stereocenters. The Morgan fingerprint density at radius 1 is 1.40 bits per heavy atom. The van der Waals surface area contributed by atoms with Gasteiger partial charge in [-0.1, -0.05) is 11.6 Å². The van der Waals surface area contributed by atoms with Crippen LogP contribution in [0.2, 0.25) is 5.15 Å². The molecule has 0 spiro atoms. The summed E-state index contributed by atoms with van der Waals surface area (Å²) < 4.78 is 0.426. The summed E-state index contributed by atoms with van der Waals surface area (Å²) in [5, 5.41) is 0.215. The van der Waals surface area contributed by atoms with Crippen molar-refractivity contribution in [3.05, 3.63) is 16.0 Å². The molecule has 78 valence electrons. The minimum absolute atomic E-state index is 0.0464. The fourth-order valence-electron chi connectivity index (χ4n) is 1.31. The van der Waals surface area contributed by atoms with Gasteiger partial charge >= 0.3 is 0 Å². The fraction of sp³-hybridized carbons (Fsp3) is 0.250. The molecule has 0 aliphatic carbocycles. The number of halogens is 2. The molecule has 1 amide bonds. The van der Waals surface area contributed by atoms with Gasteiger partial charge in [-0.25, -0.2) is 9.97 Å². The zero-order chi connectivity index (χ0) is 11.0. The Hall–Kier alpha value is -1.01. The van der Waals surface area contributed by atoms with Crippen LogP contribution in [0.1, 0.15) is 6.42 Å². The lowest BCUT2D eigenvalue weighted by Crippen LogP contribution is -2.26. The van der Waals surface area contributed by atoms with E-state index in [0.717, 1.165) is 0 Å². The van der Waals surface area contributed by atoms with Crippen LogP contribution in [0.15, 0.2) is 10.8 Å². The first-order chi connectivity index (χ1) is 7.09. The average Bonchev–Trinajstić information content (AvgIpc) is 2.50. The molecule has 2 rings (SSSR count). The molecule has 0 saturated carbocycles. The number of amides is 1. The molecule has 1 aromatic rings. The van der Waals surface area contributed by atoms with Crippen LogP contribution < -0.4 is 4.90 Å². The highest BCUT2D eigenvalue weighted by molar-refractivity contribution is 9.10. The number of ketones is 1. The van der Waals surface area contributed by atoms with Crippen molar-refractivity contribution in [2.45, 2.75) is 6.42 Å². The highest BCUT2D eigenvalue weighted by Gasteiger charge is 2.31. The smallest absolute Gasteiger partial charge is 0.236 e. The summed E-state index contributed by atoms with van der Waals surface area (Å²) in [5.41, 5.74) is 0. The summed E-state index contributed by atoms with van der Waals surface area (Å²) in [6, 6.07) is 0. The second-order valence-corrected chi connectivity index (χ2v) is 4.15. The van der Waals surface area contributed by atoms with Gasteiger partial charge in [0.25, 0.3) is 0 Å². The van der Waals surface area contributed by atoms with Crippen LogP contribution in [-0.4, -0.2) is 28.2 Å². The van der Waals surface area contributed by atoms with Gasteiger partial charge in [0.1, 0.15) is 11.5 Å². The van der Waals surface area contributed by atoms with Crippen LogP contribution in [0.4, 0.5) is 5.82 Å². The number of Topliss-reactive ketones (excluding diaryl/α,β-unsaturated/α-hetero) is 1. The Kier molecular flexibility index (Phi) is 2.70. The van der Waals surface area contributed by atoms with Crippen molar-refractivity contribution in [2.24, 2.45) is 0 Å². The summed E-state index contributed by atoms with van der Waals surface area (Å²) in [5.74, 6) is -0.0528. The van der Waals surface area contributed by atoms with Crippen molar-refractivity contribution in [2.75, 3.05) is 11.4 Å². The normalized spacial score (nSPS) is 16.3. The SMILES string of the molecule is O=C1CC(=O)N(c2ncnc(Cl)c2Br)C1. The van der Waals surface area contributed by atoms with Crippen LogP contribution in [-0.2, 0) is 9.59 Å². The van der Waals surface area contributed by atoms with Gasteiger partial charge in [0.15, 0.2) is 11.6 Å². The van der Waals surface area contributed by atoms with E-state index >= 15 is 0 Å². The first kappa shape index (κ1) is 10.5. The van der Waals surface area contributed by atoms with Crippen LogP contribution >= 0.6 is 27.5 Å². The highest BCUT2D eigenvalue weighted by atomic mass is 79.9. The molecule has 1 aliphatic heterocycles. The van der Waals surface area contributed by atoms with E-state index in [1.807, 2.05) is 0 Å². The maximum atomic E-state index is 11.4. The van der Waals surface area contributed by atoms with E-state index in [4.69, 9.17) is 11.6 Å². The second kappa shape index (κ2) is 3.86. The maximum Gasteiger partial charge on any atom is 0.236 e. The molecular weight excluding hydrogens is 285 g/mol. The molecule has 2 heterocycles. The summed E-state index contributed by atoms with van der Waals surface area (Å²) >= 11 is 8.93. The lowest BCUT2D eigenvalue weighted by atomic mass is 10.3. The molecule has 0 aromatic carbocycles. The van der Waals surface area contributed by atoms with Gasteiger partial charge < -0.3 is 0 Å². The van der Waals surface area contributed by atoms with E-state index in [0.29, 0.717) is 10.3 Å². The monoisotopic (exact) mass is 289 g/mol. The average molecular weight is 291 g/mol. The number of hydrogen-bond donors (Lipinski definition) is 0. The molecule has 0 radical (unpaired) electrons. The maximum absolute atomic E-state index is 11.4. The number of carbonyl (C=O) groups is 2. The largest absolute Gasteiger partial charge is 0.297 e. The van der Waals surface area contributed by atoms with Gasteiger partial charge in [0.05, 0.1) is 17.4 Å². The molecule has 1 aliphatic rings. The van der Waals surface area contributed by atoms with E-state index in [1.54, 1.807) is 0 Å². The summed E-state index contributed by atoms with van der Waals surface area (Å²) in [4.78, 5) is 31.5. The molecule has 1 saturated heterocycles. The standard InChI is InChI=1S/C8H5BrClN3O2/c9-6-7(10)11-3-12-8(6)13-2-4(14)1-5(13)15/h3H,1-2H2. The summed E-state index contributed by atoms with van der Waals surface area (Å²) in [6.45, 7) is 0.0464. The van der Waals surface area contributed by atoms with Crippen LogP contribution in [0.3, 0.4) is 0 Å². The second-order valence-electron chi connectivity index (χ2n) is 3.00. The lowest BCUT2D eigenvalue weighted by Gasteiger charge is -2.14. The number of carbonyl (C=O) groups excluding carboxylic acids is 2. The third-order valence-corrected chi connectivity index (χ3v) is 3.21. The van der Waals surface area contributed by atoms with Crippen LogP contribution in [0, 0.1) is 0 Å². The zero-order valence-corrected chi connectivity index (χ0v) is 9.75. The Bertz CT molecular complexity index is 452. The number of aromatic nitrogens is 2. The van der Waals surface area contributed by atoms with E-state index in [9.17, 15) is 9.59 Å². The molecule has 5 nitrogen and oxygen atoms in total. The topological polar surface area (TPSA) is 63.2 Å². The highest BCUT2D eigenvalue weighted by Crippen LogP contribution is 2.30. The van der Waals surface area contributed by atoms with E-state index in [1.165, 1.54) is 11.2 Å². The van der Waals surface area contributed by atoms with Gasteiger partial charge in [0, 0.05) is 0 Å². The predicted octanol–water partition coefficient (Wildman–Crippen LogP) is 1.20. The van der Waals surface area contributed by atoms with Gasteiger partial charge in [-0.15, -0.1) is 0 Å². The van der Waals surface area contributed by atoms with Gasteiger partial charge in [0.2, 0.25) is 5.91 Å². The van der Waals surface area contributed by atoms with Crippen molar-refractivity contribution in [1.29, 1.82) is 0 Å². The molecular formula is C8H5BrClN3O2.